The number of rotatable bonds is 2. The Morgan fingerprint density at radius 2 is 2.35 bits per heavy atom. The first-order valence-corrected chi connectivity index (χ1v) is 6.05. The van der Waals surface area contributed by atoms with E-state index >= 15 is 0 Å². The molecule has 0 spiro atoms. The van der Waals surface area contributed by atoms with Gasteiger partial charge >= 0.3 is 0 Å². The Labute approximate surface area is 102 Å². The molecule has 0 N–H and O–H groups in total. The predicted octanol–water partition coefficient (Wildman–Crippen LogP) is 1.48. The Morgan fingerprint density at radius 1 is 1.53 bits per heavy atom. The summed E-state index contributed by atoms with van der Waals surface area (Å²) in [6.45, 7) is 5.19. The van der Waals surface area contributed by atoms with Gasteiger partial charge in [0.1, 0.15) is 6.07 Å². The molecule has 1 aliphatic rings. The molecule has 2 rings (SSSR count). The molecule has 1 atom stereocenters. The molecule has 4 heteroatoms. The Balaban J connectivity index is 2.21. The fourth-order valence-electron chi connectivity index (χ4n) is 2.34. The molecule has 1 saturated heterocycles. The lowest BCUT2D eigenvalue weighted by Gasteiger charge is -2.40. The minimum atomic E-state index is 0.565. The summed E-state index contributed by atoms with van der Waals surface area (Å²) < 4.78 is 0. The number of piperazine rings is 1. The Morgan fingerprint density at radius 3 is 3.06 bits per heavy atom. The zero-order valence-electron chi connectivity index (χ0n) is 10.4. The van der Waals surface area contributed by atoms with Gasteiger partial charge in [-0.25, -0.2) is 0 Å². The van der Waals surface area contributed by atoms with E-state index in [0.29, 0.717) is 6.04 Å². The third-order valence-corrected chi connectivity index (χ3v) is 3.51. The van der Waals surface area contributed by atoms with Crippen LogP contribution in [-0.4, -0.2) is 42.6 Å². The average Bonchev–Trinajstić information content (AvgIpc) is 2.39. The summed E-state index contributed by atoms with van der Waals surface area (Å²) in [7, 11) is 2.17. The average molecular weight is 230 g/mol. The van der Waals surface area contributed by atoms with Gasteiger partial charge in [0.2, 0.25) is 0 Å². The Hall–Kier alpha value is -1.60. The zero-order chi connectivity index (χ0) is 12.3. The number of aromatic nitrogens is 1. The molecule has 17 heavy (non-hydrogen) atoms. The van der Waals surface area contributed by atoms with E-state index in [0.717, 1.165) is 37.3 Å². The zero-order valence-corrected chi connectivity index (χ0v) is 10.4. The van der Waals surface area contributed by atoms with Crippen molar-refractivity contribution in [3.63, 3.8) is 0 Å². The molecular weight excluding hydrogens is 212 g/mol. The molecule has 0 bridgehead atoms. The van der Waals surface area contributed by atoms with E-state index in [9.17, 15) is 0 Å². The maximum atomic E-state index is 9.11. The molecule has 1 fully saturated rings. The fourth-order valence-corrected chi connectivity index (χ4v) is 2.34. The minimum Gasteiger partial charge on any atom is -0.366 e. The minimum absolute atomic E-state index is 0.565. The second-order valence-electron chi connectivity index (χ2n) is 4.49. The normalized spacial score (nSPS) is 21.2. The van der Waals surface area contributed by atoms with E-state index in [1.165, 1.54) is 0 Å². The van der Waals surface area contributed by atoms with Crippen LogP contribution in [0.3, 0.4) is 0 Å². The number of anilines is 1. The van der Waals surface area contributed by atoms with Crippen LogP contribution in [0, 0.1) is 11.3 Å². The number of hydrogen-bond donors (Lipinski definition) is 0. The highest BCUT2D eigenvalue weighted by atomic mass is 15.3. The molecule has 4 nitrogen and oxygen atoms in total. The van der Waals surface area contributed by atoms with Crippen LogP contribution in [0.15, 0.2) is 18.5 Å². The molecule has 2 heterocycles. The molecule has 1 aromatic rings. The Bertz CT molecular complexity index is 424. The van der Waals surface area contributed by atoms with Crippen LogP contribution >= 0.6 is 0 Å². The van der Waals surface area contributed by atoms with Gasteiger partial charge in [-0.15, -0.1) is 0 Å². The molecule has 1 unspecified atom stereocenters. The van der Waals surface area contributed by atoms with Crippen molar-refractivity contribution < 1.29 is 0 Å². The van der Waals surface area contributed by atoms with Crippen molar-refractivity contribution in [1.29, 1.82) is 5.26 Å². The van der Waals surface area contributed by atoms with E-state index in [1.54, 1.807) is 18.5 Å². The highest BCUT2D eigenvalue weighted by Gasteiger charge is 2.24. The van der Waals surface area contributed by atoms with Crippen molar-refractivity contribution in [1.82, 2.24) is 9.88 Å². The fraction of sp³-hybridized carbons (Fsp3) is 0.538. The van der Waals surface area contributed by atoms with Gasteiger partial charge in [0.05, 0.1) is 17.4 Å². The third kappa shape index (κ3) is 2.40. The third-order valence-electron chi connectivity index (χ3n) is 3.51. The van der Waals surface area contributed by atoms with Crippen molar-refractivity contribution in [2.24, 2.45) is 0 Å². The predicted molar refractivity (Wildman–Crippen MR) is 67.9 cm³/mol. The lowest BCUT2D eigenvalue weighted by molar-refractivity contribution is 0.213. The van der Waals surface area contributed by atoms with Crippen LogP contribution in [-0.2, 0) is 0 Å². The molecule has 0 saturated carbocycles. The first kappa shape index (κ1) is 11.9. The number of hydrogen-bond acceptors (Lipinski definition) is 4. The molecule has 1 aliphatic heterocycles. The molecule has 0 aliphatic carbocycles. The van der Waals surface area contributed by atoms with Gasteiger partial charge in [0.15, 0.2) is 0 Å². The number of likely N-dealkylation sites (N-methyl/N-ethyl adjacent to an activating group) is 1. The van der Waals surface area contributed by atoms with E-state index < -0.39 is 0 Å². The van der Waals surface area contributed by atoms with Crippen molar-refractivity contribution >= 4 is 5.69 Å². The van der Waals surface area contributed by atoms with Gasteiger partial charge in [0.25, 0.3) is 0 Å². The van der Waals surface area contributed by atoms with E-state index in [1.807, 2.05) is 0 Å². The largest absolute Gasteiger partial charge is 0.366 e. The summed E-state index contributed by atoms with van der Waals surface area (Å²) >= 11 is 0. The molecule has 1 aromatic heterocycles. The van der Waals surface area contributed by atoms with E-state index in [4.69, 9.17) is 5.26 Å². The van der Waals surface area contributed by atoms with Crippen LogP contribution in [0.25, 0.3) is 0 Å². The lowest BCUT2D eigenvalue weighted by atomic mass is 10.1. The summed E-state index contributed by atoms with van der Waals surface area (Å²) in [5, 5.41) is 9.11. The Kier molecular flexibility index (Phi) is 3.60. The SMILES string of the molecule is CCC1CN(c2cnccc2C#N)CCN1C. The maximum Gasteiger partial charge on any atom is 0.101 e. The van der Waals surface area contributed by atoms with Gasteiger partial charge in [0, 0.05) is 31.9 Å². The van der Waals surface area contributed by atoms with Gasteiger partial charge < -0.3 is 4.90 Å². The van der Waals surface area contributed by atoms with E-state index in [2.05, 4.69) is 34.8 Å². The maximum absolute atomic E-state index is 9.11. The first-order valence-electron chi connectivity index (χ1n) is 6.05. The monoisotopic (exact) mass is 230 g/mol. The molecule has 0 radical (unpaired) electrons. The van der Waals surface area contributed by atoms with Crippen LogP contribution in [0.5, 0.6) is 0 Å². The van der Waals surface area contributed by atoms with Crippen LogP contribution in [0.2, 0.25) is 0 Å². The first-order chi connectivity index (χ1) is 8.26. The summed E-state index contributed by atoms with van der Waals surface area (Å²) in [4.78, 5) is 8.80. The molecule has 0 amide bonds. The summed E-state index contributed by atoms with van der Waals surface area (Å²) in [6.07, 6.45) is 4.61. The van der Waals surface area contributed by atoms with Crippen LogP contribution < -0.4 is 4.90 Å². The smallest absolute Gasteiger partial charge is 0.101 e. The summed E-state index contributed by atoms with van der Waals surface area (Å²) in [6, 6.07) is 4.59. The standard InChI is InChI=1S/C13H18N4/c1-3-12-10-17(7-6-16(12)2)13-9-15-5-4-11(13)8-14/h4-5,9,12H,3,6-7,10H2,1-2H3. The number of pyridine rings is 1. The highest BCUT2D eigenvalue weighted by Crippen LogP contribution is 2.22. The van der Waals surface area contributed by atoms with Crippen LogP contribution in [0.1, 0.15) is 18.9 Å². The van der Waals surface area contributed by atoms with Gasteiger partial charge in [-0.3, -0.25) is 9.88 Å². The molecule has 0 aromatic carbocycles. The van der Waals surface area contributed by atoms with Crippen molar-refractivity contribution in [2.75, 3.05) is 31.6 Å². The molecular formula is C13H18N4. The van der Waals surface area contributed by atoms with Crippen molar-refractivity contribution in [3.8, 4) is 6.07 Å². The van der Waals surface area contributed by atoms with Crippen molar-refractivity contribution in [3.05, 3.63) is 24.0 Å². The van der Waals surface area contributed by atoms with Crippen molar-refractivity contribution in [2.45, 2.75) is 19.4 Å². The summed E-state index contributed by atoms with van der Waals surface area (Å²) in [5.41, 5.74) is 1.70. The second kappa shape index (κ2) is 5.15. The lowest BCUT2D eigenvalue weighted by Crippen LogP contribution is -2.51. The summed E-state index contributed by atoms with van der Waals surface area (Å²) in [5.74, 6) is 0. The second-order valence-corrected chi connectivity index (χ2v) is 4.49. The quantitative estimate of drug-likeness (QED) is 0.772. The van der Waals surface area contributed by atoms with E-state index in [-0.39, 0.29) is 0 Å². The topological polar surface area (TPSA) is 43.2 Å². The number of nitriles is 1. The van der Waals surface area contributed by atoms with Crippen LogP contribution in [0.4, 0.5) is 5.69 Å². The highest BCUT2D eigenvalue weighted by molar-refractivity contribution is 5.57. The van der Waals surface area contributed by atoms with Gasteiger partial charge in [-0.1, -0.05) is 6.92 Å². The van der Waals surface area contributed by atoms with Gasteiger partial charge in [-0.05, 0) is 19.5 Å². The molecule has 90 valence electrons. The number of nitrogens with zero attached hydrogens (tertiary/aromatic N) is 4. The van der Waals surface area contributed by atoms with Gasteiger partial charge in [-0.2, -0.15) is 5.26 Å².